The number of amides is 2. The van der Waals surface area contributed by atoms with Gasteiger partial charge in [0.15, 0.2) is 0 Å². The van der Waals surface area contributed by atoms with Crippen molar-refractivity contribution in [1.82, 2.24) is 15.5 Å². The van der Waals surface area contributed by atoms with Gasteiger partial charge in [-0.3, -0.25) is 14.5 Å². The maximum atomic E-state index is 11.9. The standard InChI is InChI=1S/C19H25N3O2/c1-3-10-20-18(23)12-21-19(24)14-22(2)13-15-8-9-16-6-4-5-7-17(16)11-15/h4-9,11H,3,10,12-14H2,1-2H3,(H,20,23)(H,21,24). The molecule has 0 aliphatic heterocycles. The van der Waals surface area contributed by atoms with Gasteiger partial charge in [0, 0.05) is 13.1 Å². The molecule has 24 heavy (non-hydrogen) atoms. The molecule has 2 aromatic carbocycles. The van der Waals surface area contributed by atoms with Crippen molar-refractivity contribution >= 4 is 22.6 Å². The summed E-state index contributed by atoms with van der Waals surface area (Å²) in [7, 11) is 1.89. The molecule has 0 bridgehead atoms. The Balaban J connectivity index is 1.80. The average Bonchev–Trinajstić information content (AvgIpc) is 2.58. The van der Waals surface area contributed by atoms with Gasteiger partial charge in [0.05, 0.1) is 13.1 Å². The van der Waals surface area contributed by atoms with E-state index >= 15 is 0 Å². The monoisotopic (exact) mass is 327 g/mol. The Hall–Kier alpha value is -2.40. The Labute approximate surface area is 143 Å². The van der Waals surface area contributed by atoms with Crippen LogP contribution >= 0.6 is 0 Å². The van der Waals surface area contributed by atoms with Crippen LogP contribution in [-0.4, -0.2) is 43.4 Å². The summed E-state index contributed by atoms with van der Waals surface area (Å²) in [4.78, 5) is 25.3. The van der Waals surface area contributed by atoms with Gasteiger partial charge in [-0.25, -0.2) is 0 Å². The minimum atomic E-state index is -0.151. The molecule has 5 heteroatoms. The van der Waals surface area contributed by atoms with Gasteiger partial charge in [-0.15, -0.1) is 0 Å². The van der Waals surface area contributed by atoms with E-state index in [9.17, 15) is 9.59 Å². The maximum Gasteiger partial charge on any atom is 0.239 e. The highest BCUT2D eigenvalue weighted by Gasteiger charge is 2.09. The molecule has 2 amide bonds. The molecule has 0 unspecified atom stereocenters. The SMILES string of the molecule is CCCNC(=O)CNC(=O)CN(C)Cc1ccc2ccccc2c1. The van der Waals surface area contributed by atoms with Crippen LogP contribution in [0, 0.1) is 0 Å². The second-order valence-electron chi connectivity index (χ2n) is 5.98. The minimum Gasteiger partial charge on any atom is -0.355 e. The predicted molar refractivity (Wildman–Crippen MR) is 96.6 cm³/mol. The van der Waals surface area contributed by atoms with Crippen LogP contribution in [0.5, 0.6) is 0 Å². The molecule has 0 heterocycles. The normalized spacial score (nSPS) is 10.8. The van der Waals surface area contributed by atoms with Crippen LogP contribution in [0.4, 0.5) is 0 Å². The first-order valence-corrected chi connectivity index (χ1v) is 8.28. The maximum absolute atomic E-state index is 11.9. The molecule has 2 rings (SSSR count). The summed E-state index contributed by atoms with van der Waals surface area (Å²) in [6, 6.07) is 14.5. The summed E-state index contributed by atoms with van der Waals surface area (Å²) in [5, 5.41) is 7.78. The lowest BCUT2D eigenvalue weighted by Gasteiger charge is -2.16. The van der Waals surface area contributed by atoms with Gasteiger partial charge in [-0.1, -0.05) is 43.3 Å². The van der Waals surface area contributed by atoms with Crippen LogP contribution in [0.25, 0.3) is 10.8 Å². The molecule has 0 atom stereocenters. The number of hydrogen-bond acceptors (Lipinski definition) is 3. The van der Waals surface area contributed by atoms with E-state index in [1.165, 1.54) is 10.8 Å². The van der Waals surface area contributed by atoms with Gasteiger partial charge in [0.2, 0.25) is 11.8 Å². The summed E-state index contributed by atoms with van der Waals surface area (Å²) >= 11 is 0. The van der Waals surface area contributed by atoms with E-state index < -0.39 is 0 Å². The molecule has 0 aliphatic rings. The van der Waals surface area contributed by atoms with Crippen molar-refractivity contribution in [2.45, 2.75) is 19.9 Å². The van der Waals surface area contributed by atoms with Crippen molar-refractivity contribution in [3.63, 3.8) is 0 Å². The highest BCUT2D eigenvalue weighted by Crippen LogP contribution is 2.16. The topological polar surface area (TPSA) is 61.4 Å². The number of fused-ring (bicyclic) bond motifs is 1. The summed E-state index contributed by atoms with van der Waals surface area (Å²) in [5.74, 6) is -0.299. The van der Waals surface area contributed by atoms with E-state index in [0.29, 0.717) is 13.1 Å². The van der Waals surface area contributed by atoms with Crippen molar-refractivity contribution in [1.29, 1.82) is 0 Å². The molecule has 2 aromatic rings. The average molecular weight is 327 g/mol. The smallest absolute Gasteiger partial charge is 0.239 e. The zero-order chi connectivity index (χ0) is 17.4. The Morgan fingerprint density at radius 1 is 1.00 bits per heavy atom. The number of likely N-dealkylation sites (N-methyl/N-ethyl adjacent to an activating group) is 1. The Morgan fingerprint density at radius 2 is 1.75 bits per heavy atom. The molecular weight excluding hydrogens is 302 g/mol. The van der Waals surface area contributed by atoms with Gasteiger partial charge < -0.3 is 10.6 Å². The quantitative estimate of drug-likeness (QED) is 0.779. The Bertz CT molecular complexity index is 700. The first-order chi connectivity index (χ1) is 11.6. The third-order valence-corrected chi connectivity index (χ3v) is 3.70. The Kier molecular flexibility index (Phi) is 6.75. The molecule has 2 N–H and O–H groups in total. The molecule has 0 fully saturated rings. The number of nitrogens with zero attached hydrogens (tertiary/aromatic N) is 1. The zero-order valence-electron chi connectivity index (χ0n) is 14.3. The van der Waals surface area contributed by atoms with E-state index in [2.05, 4.69) is 41.0 Å². The fraction of sp³-hybridized carbons (Fsp3) is 0.368. The second kappa shape index (κ2) is 9.03. The lowest BCUT2D eigenvalue weighted by Crippen LogP contribution is -2.41. The van der Waals surface area contributed by atoms with Gasteiger partial charge in [-0.05, 0) is 35.9 Å². The lowest BCUT2D eigenvalue weighted by molar-refractivity contribution is -0.126. The van der Waals surface area contributed by atoms with Crippen molar-refractivity contribution in [2.24, 2.45) is 0 Å². The summed E-state index contributed by atoms with van der Waals surface area (Å²) in [6.07, 6.45) is 0.883. The largest absolute Gasteiger partial charge is 0.355 e. The van der Waals surface area contributed by atoms with E-state index in [-0.39, 0.29) is 24.9 Å². The number of rotatable bonds is 8. The number of hydrogen-bond donors (Lipinski definition) is 2. The first-order valence-electron chi connectivity index (χ1n) is 8.28. The van der Waals surface area contributed by atoms with Crippen LogP contribution in [0.2, 0.25) is 0 Å². The van der Waals surface area contributed by atoms with Crippen molar-refractivity contribution < 1.29 is 9.59 Å². The van der Waals surface area contributed by atoms with Crippen molar-refractivity contribution in [3.05, 3.63) is 48.0 Å². The van der Waals surface area contributed by atoms with Crippen LogP contribution in [0.3, 0.4) is 0 Å². The molecular formula is C19H25N3O2. The van der Waals surface area contributed by atoms with E-state index in [1.807, 2.05) is 31.0 Å². The van der Waals surface area contributed by atoms with E-state index in [0.717, 1.165) is 12.0 Å². The molecule has 128 valence electrons. The van der Waals surface area contributed by atoms with E-state index in [4.69, 9.17) is 0 Å². The summed E-state index contributed by atoms with van der Waals surface area (Å²) < 4.78 is 0. The van der Waals surface area contributed by atoms with Crippen molar-refractivity contribution in [3.8, 4) is 0 Å². The molecule has 0 saturated heterocycles. The van der Waals surface area contributed by atoms with Crippen LogP contribution in [-0.2, 0) is 16.1 Å². The molecule has 0 saturated carbocycles. The van der Waals surface area contributed by atoms with Crippen molar-refractivity contribution in [2.75, 3.05) is 26.7 Å². The minimum absolute atomic E-state index is 0.0304. The number of benzene rings is 2. The molecule has 0 spiro atoms. The van der Waals surface area contributed by atoms with Gasteiger partial charge >= 0.3 is 0 Å². The lowest BCUT2D eigenvalue weighted by atomic mass is 10.1. The fourth-order valence-corrected chi connectivity index (χ4v) is 2.51. The van der Waals surface area contributed by atoms with Gasteiger partial charge in [0.25, 0.3) is 0 Å². The van der Waals surface area contributed by atoms with Crippen LogP contribution in [0.1, 0.15) is 18.9 Å². The number of carbonyl (C=O) groups excluding carboxylic acids is 2. The van der Waals surface area contributed by atoms with Crippen LogP contribution in [0.15, 0.2) is 42.5 Å². The third-order valence-electron chi connectivity index (χ3n) is 3.70. The van der Waals surface area contributed by atoms with Gasteiger partial charge in [-0.2, -0.15) is 0 Å². The highest BCUT2D eigenvalue weighted by atomic mass is 16.2. The zero-order valence-corrected chi connectivity index (χ0v) is 14.3. The first kappa shape index (κ1) is 17.9. The summed E-state index contributed by atoms with van der Waals surface area (Å²) in [6.45, 7) is 3.59. The number of nitrogens with one attached hydrogen (secondary N) is 2. The van der Waals surface area contributed by atoms with Crippen LogP contribution < -0.4 is 10.6 Å². The fourth-order valence-electron chi connectivity index (χ4n) is 2.51. The molecule has 5 nitrogen and oxygen atoms in total. The number of carbonyl (C=O) groups is 2. The van der Waals surface area contributed by atoms with Gasteiger partial charge in [0.1, 0.15) is 0 Å². The molecule has 0 radical (unpaired) electrons. The molecule has 0 aromatic heterocycles. The summed E-state index contributed by atoms with van der Waals surface area (Å²) in [5.41, 5.74) is 1.16. The predicted octanol–water partition coefficient (Wildman–Crippen LogP) is 1.91. The second-order valence-corrected chi connectivity index (χ2v) is 5.98. The third kappa shape index (κ3) is 5.66. The molecule has 0 aliphatic carbocycles. The van der Waals surface area contributed by atoms with E-state index in [1.54, 1.807) is 0 Å². The Morgan fingerprint density at radius 3 is 2.50 bits per heavy atom. The highest BCUT2D eigenvalue weighted by molar-refractivity contribution is 5.85.